The number of thioether (sulfide) groups is 1. The molecule has 1 amide bonds. The third-order valence-electron chi connectivity index (χ3n) is 2.98. The summed E-state index contributed by atoms with van der Waals surface area (Å²) >= 11 is 1.67. The Morgan fingerprint density at radius 2 is 1.81 bits per heavy atom. The molecule has 0 radical (unpaired) electrons. The zero-order chi connectivity index (χ0) is 16.3. The molecule has 3 N–H and O–H groups in total. The summed E-state index contributed by atoms with van der Waals surface area (Å²) in [5.41, 5.74) is 0. The van der Waals surface area contributed by atoms with E-state index >= 15 is 0 Å². The van der Waals surface area contributed by atoms with E-state index in [-0.39, 0.29) is 18.4 Å². The van der Waals surface area contributed by atoms with Crippen LogP contribution in [-0.4, -0.2) is 70.6 Å². The lowest BCUT2D eigenvalue weighted by atomic mass is 10.2. The summed E-state index contributed by atoms with van der Waals surface area (Å²) in [6.45, 7) is 1.67. The Balaban J connectivity index is 3.82. The summed E-state index contributed by atoms with van der Waals surface area (Å²) in [5.74, 6) is 1.20. The van der Waals surface area contributed by atoms with Gasteiger partial charge >= 0.3 is 8.80 Å². The van der Waals surface area contributed by atoms with Crippen LogP contribution in [-0.2, 0) is 18.1 Å². The van der Waals surface area contributed by atoms with Gasteiger partial charge in [-0.15, -0.1) is 0 Å². The van der Waals surface area contributed by atoms with Crippen molar-refractivity contribution in [3.8, 4) is 0 Å². The summed E-state index contributed by atoms with van der Waals surface area (Å²) in [4.78, 5) is 11.6. The standard InChI is InChI=1S/C12H27NO6SSi/c1-10(12(16)13-8-11(14)15)9-20-6-5-7-21(17-2,18-3)19-4/h10-11,14-15H,5-9H2,1-4H3,(H,13,16). The molecule has 9 heteroatoms. The van der Waals surface area contributed by atoms with Crippen LogP contribution >= 0.6 is 11.8 Å². The molecule has 0 rings (SSSR count). The number of amides is 1. The lowest BCUT2D eigenvalue weighted by Crippen LogP contribution is -2.42. The van der Waals surface area contributed by atoms with Gasteiger partial charge in [0.15, 0.2) is 6.29 Å². The maximum atomic E-state index is 11.6. The van der Waals surface area contributed by atoms with Crippen LogP contribution in [0.25, 0.3) is 0 Å². The average Bonchev–Trinajstić information content (AvgIpc) is 2.48. The normalized spacial score (nSPS) is 13.5. The quantitative estimate of drug-likeness (QED) is 0.262. The van der Waals surface area contributed by atoms with Gasteiger partial charge in [-0.1, -0.05) is 6.92 Å². The monoisotopic (exact) mass is 341 g/mol. The van der Waals surface area contributed by atoms with E-state index in [0.29, 0.717) is 5.75 Å². The van der Waals surface area contributed by atoms with Crippen molar-refractivity contribution in [1.82, 2.24) is 5.32 Å². The molecule has 1 unspecified atom stereocenters. The first kappa shape index (κ1) is 20.8. The molecule has 0 fully saturated rings. The fraction of sp³-hybridized carbons (Fsp3) is 0.917. The highest BCUT2D eigenvalue weighted by Gasteiger charge is 2.36. The number of aliphatic hydroxyl groups excluding tert-OH is 1. The summed E-state index contributed by atoms with van der Waals surface area (Å²) in [7, 11) is 2.29. The van der Waals surface area contributed by atoms with Gasteiger partial charge in [0.05, 0.1) is 6.54 Å². The molecule has 0 aliphatic heterocycles. The maximum absolute atomic E-state index is 11.6. The molecule has 0 aliphatic carbocycles. The van der Waals surface area contributed by atoms with Crippen molar-refractivity contribution in [3.63, 3.8) is 0 Å². The Kier molecular flexibility index (Phi) is 11.3. The highest BCUT2D eigenvalue weighted by atomic mass is 32.2. The third-order valence-corrected chi connectivity index (χ3v) is 7.12. The molecule has 21 heavy (non-hydrogen) atoms. The van der Waals surface area contributed by atoms with Crippen LogP contribution in [0.15, 0.2) is 0 Å². The van der Waals surface area contributed by atoms with E-state index in [1.54, 1.807) is 33.1 Å². The van der Waals surface area contributed by atoms with Crippen molar-refractivity contribution in [2.45, 2.75) is 25.7 Å². The summed E-state index contributed by atoms with van der Waals surface area (Å²) < 4.78 is 16.0. The van der Waals surface area contributed by atoms with Crippen LogP contribution in [0.2, 0.25) is 6.04 Å². The van der Waals surface area contributed by atoms with Gasteiger partial charge in [-0.3, -0.25) is 4.79 Å². The first-order chi connectivity index (χ1) is 9.90. The molecule has 0 aliphatic rings. The van der Waals surface area contributed by atoms with Gasteiger partial charge in [0.25, 0.3) is 0 Å². The third kappa shape index (κ3) is 8.76. The largest absolute Gasteiger partial charge is 0.500 e. The predicted octanol–water partition coefficient (Wildman–Crippen LogP) is 0.0508. The van der Waals surface area contributed by atoms with E-state index in [1.165, 1.54) is 0 Å². The minimum atomic E-state index is -2.49. The van der Waals surface area contributed by atoms with E-state index in [9.17, 15) is 4.79 Å². The van der Waals surface area contributed by atoms with Crippen LogP contribution in [0.1, 0.15) is 13.3 Å². The van der Waals surface area contributed by atoms with Crippen molar-refractivity contribution in [3.05, 3.63) is 0 Å². The van der Waals surface area contributed by atoms with Crippen molar-refractivity contribution >= 4 is 26.5 Å². The van der Waals surface area contributed by atoms with E-state index in [4.69, 9.17) is 23.5 Å². The lowest BCUT2D eigenvalue weighted by molar-refractivity contribution is -0.126. The zero-order valence-electron chi connectivity index (χ0n) is 13.1. The predicted molar refractivity (Wildman–Crippen MR) is 83.9 cm³/mol. The van der Waals surface area contributed by atoms with Gasteiger partial charge in [0, 0.05) is 39.0 Å². The fourth-order valence-corrected chi connectivity index (χ4v) is 4.65. The number of rotatable bonds is 12. The zero-order valence-corrected chi connectivity index (χ0v) is 14.9. The Hall–Kier alpha value is -0.163. The number of hydrogen-bond donors (Lipinski definition) is 3. The number of nitrogens with one attached hydrogen (secondary N) is 1. The molecule has 7 nitrogen and oxygen atoms in total. The highest BCUT2D eigenvalue weighted by Crippen LogP contribution is 2.18. The molecule has 0 heterocycles. The Morgan fingerprint density at radius 3 is 2.29 bits per heavy atom. The van der Waals surface area contributed by atoms with Crippen LogP contribution < -0.4 is 5.32 Å². The van der Waals surface area contributed by atoms with Gasteiger partial charge in [0.2, 0.25) is 5.91 Å². The number of carbonyl (C=O) groups is 1. The second-order valence-corrected chi connectivity index (χ2v) is 8.84. The summed E-state index contributed by atoms with van der Waals surface area (Å²) in [6, 6.07) is 0.737. The molecule has 0 saturated heterocycles. The molecule has 0 saturated carbocycles. The smallest absolute Gasteiger partial charge is 0.377 e. The molecule has 0 bridgehead atoms. The van der Waals surface area contributed by atoms with Crippen molar-refractivity contribution in [1.29, 1.82) is 0 Å². The van der Waals surface area contributed by atoms with Gasteiger partial charge in [0.1, 0.15) is 0 Å². The second kappa shape index (κ2) is 11.4. The first-order valence-electron chi connectivity index (χ1n) is 6.77. The van der Waals surface area contributed by atoms with E-state index in [0.717, 1.165) is 18.2 Å². The number of carbonyl (C=O) groups excluding carboxylic acids is 1. The molecule has 0 aromatic heterocycles. The topological polar surface area (TPSA) is 97.3 Å². The van der Waals surface area contributed by atoms with Crippen molar-refractivity contribution in [2.75, 3.05) is 39.4 Å². The van der Waals surface area contributed by atoms with Crippen LogP contribution in [0, 0.1) is 5.92 Å². The lowest BCUT2D eigenvalue weighted by Gasteiger charge is -2.24. The van der Waals surface area contributed by atoms with Crippen molar-refractivity contribution in [2.24, 2.45) is 5.92 Å². The SMILES string of the molecule is CO[Si](CCCSCC(C)C(=O)NCC(O)O)(OC)OC. The number of hydrogen-bond acceptors (Lipinski definition) is 7. The van der Waals surface area contributed by atoms with Crippen LogP contribution in [0.3, 0.4) is 0 Å². The van der Waals surface area contributed by atoms with Gasteiger partial charge < -0.3 is 28.8 Å². The molecule has 0 aromatic rings. The first-order valence-corrected chi connectivity index (χ1v) is 9.86. The minimum absolute atomic E-state index is 0.141. The summed E-state index contributed by atoms with van der Waals surface area (Å²) in [5, 5.41) is 19.8. The summed E-state index contributed by atoms with van der Waals surface area (Å²) in [6.07, 6.45) is -0.625. The number of aliphatic hydroxyl groups is 2. The van der Waals surface area contributed by atoms with Crippen LogP contribution in [0.4, 0.5) is 0 Å². The van der Waals surface area contributed by atoms with Crippen LogP contribution in [0.5, 0.6) is 0 Å². The molecular formula is C12H27NO6SSi. The van der Waals surface area contributed by atoms with E-state index in [1.807, 2.05) is 6.92 Å². The minimum Gasteiger partial charge on any atom is -0.377 e. The highest BCUT2D eigenvalue weighted by molar-refractivity contribution is 7.99. The van der Waals surface area contributed by atoms with E-state index < -0.39 is 15.1 Å². The molecule has 0 spiro atoms. The Bertz CT molecular complexity index is 283. The second-order valence-electron chi connectivity index (χ2n) is 4.60. The Morgan fingerprint density at radius 1 is 1.24 bits per heavy atom. The van der Waals surface area contributed by atoms with Gasteiger partial charge in [-0.25, -0.2) is 0 Å². The van der Waals surface area contributed by atoms with E-state index in [2.05, 4.69) is 5.32 Å². The molecular weight excluding hydrogens is 314 g/mol. The van der Waals surface area contributed by atoms with Gasteiger partial charge in [-0.05, 0) is 12.2 Å². The Labute approximate surface area is 131 Å². The molecule has 0 aromatic carbocycles. The van der Waals surface area contributed by atoms with Crippen molar-refractivity contribution < 1.29 is 28.3 Å². The van der Waals surface area contributed by atoms with Gasteiger partial charge in [-0.2, -0.15) is 11.8 Å². The molecule has 126 valence electrons. The fourth-order valence-electron chi connectivity index (χ4n) is 1.65. The average molecular weight is 342 g/mol. The molecule has 1 atom stereocenters. The maximum Gasteiger partial charge on any atom is 0.500 e.